The van der Waals surface area contributed by atoms with Crippen LogP contribution in [0.1, 0.15) is 230 Å². The van der Waals surface area contributed by atoms with E-state index in [0.29, 0.717) is 31.4 Å². The number of carbonyl (C=O) groups excluding carboxylic acids is 15. The number of aliphatic hydroxyl groups is 1. The van der Waals surface area contributed by atoms with Gasteiger partial charge in [-0.25, -0.2) is 4.98 Å². The van der Waals surface area contributed by atoms with Crippen molar-refractivity contribution in [3.8, 4) is 0 Å². The Kier molecular flexibility index (Phi) is 43.5. The van der Waals surface area contributed by atoms with E-state index in [1.54, 1.807) is 44.2 Å². The van der Waals surface area contributed by atoms with Crippen LogP contribution in [0.5, 0.6) is 0 Å². The summed E-state index contributed by atoms with van der Waals surface area (Å²) in [4.78, 5) is 231. The van der Waals surface area contributed by atoms with Crippen molar-refractivity contribution in [2.24, 2.45) is 90.3 Å². The summed E-state index contributed by atoms with van der Waals surface area (Å²) in [7, 11) is 0. The Morgan fingerprint density at radius 3 is 1.22 bits per heavy atom. The molecule has 0 saturated heterocycles. The Morgan fingerprint density at radius 2 is 0.813 bits per heavy atom. The molecule has 684 valence electrons. The first-order valence-electron chi connectivity index (χ1n) is 42.7. The van der Waals surface area contributed by atoms with Gasteiger partial charge in [-0.1, -0.05) is 128 Å². The predicted octanol–water partition coefficient (Wildman–Crippen LogP) is -3.38. The molecule has 0 radical (unpaired) electrons. The summed E-state index contributed by atoms with van der Waals surface area (Å²) in [6.07, 6.45) is 12.0. The van der Waals surface area contributed by atoms with Gasteiger partial charge in [0.2, 0.25) is 82.7 Å². The lowest BCUT2D eigenvalue weighted by atomic mass is 9.83. The predicted molar refractivity (Wildman–Crippen MR) is 457 cm³/mol. The van der Waals surface area contributed by atoms with E-state index in [2.05, 4.69) is 88.7 Å². The zero-order valence-corrected chi connectivity index (χ0v) is 71.5. The van der Waals surface area contributed by atoms with Gasteiger partial charge in [0, 0.05) is 49.9 Å². The minimum absolute atomic E-state index is 0.0118. The number of aliphatic imine (C=N–C) groups is 3. The molecule has 0 spiro atoms. The first-order valence-corrected chi connectivity index (χ1v) is 42.7. The molecule has 1 aromatic heterocycles. The maximum Gasteiger partial charge on any atom is 0.251 e. The Bertz CT molecular complexity index is 3910. The quantitative estimate of drug-likeness (QED) is 0.0175. The van der Waals surface area contributed by atoms with E-state index in [4.69, 9.17) is 51.6 Å². The molecular formula is C81H134N26O16. The number of guanidine groups is 3. The molecule has 3 fully saturated rings. The summed E-state index contributed by atoms with van der Waals surface area (Å²) >= 11 is 0. The average Bonchev–Trinajstić information content (AvgIpc) is 1.59. The third-order valence-electron chi connectivity index (χ3n) is 21.9. The summed E-state index contributed by atoms with van der Waals surface area (Å²) in [6, 6.07) is -8.14. The van der Waals surface area contributed by atoms with Crippen molar-refractivity contribution in [1.82, 2.24) is 73.8 Å². The number of carbonyl (C=O) groups is 15. The smallest absolute Gasteiger partial charge is 0.251 e. The fourth-order valence-electron chi connectivity index (χ4n) is 15.2. The second-order valence-electron chi connectivity index (χ2n) is 33.3. The number of H-pyrrole nitrogens is 1. The summed E-state index contributed by atoms with van der Waals surface area (Å²) in [5.74, 6) is -14.9. The number of amides is 15. The van der Waals surface area contributed by atoms with Crippen LogP contribution in [-0.4, -0.2) is 219 Å². The lowest BCUT2D eigenvalue weighted by Crippen LogP contribution is -2.65. The van der Waals surface area contributed by atoms with Crippen LogP contribution in [0, 0.1) is 23.7 Å². The Morgan fingerprint density at radius 1 is 0.439 bits per heavy atom. The monoisotopic (exact) mass is 1730 g/mol. The third kappa shape index (κ3) is 38.1. The molecule has 32 N–H and O–H groups in total. The molecular weight excluding hydrogens is 1590 g/mol. The molecule has 123 heavy (non-hydrogen) atoms. The highest BCUT2D eigenvalue weighted by molar-refractivity contribution is 6.02. The molecule has 3 aliphatic rings. The number of primary amides is 3. The summed E-state index contributed by atoms with van der Waals surface area (Å²) in [5.41, 5.74) is 49.1. The van der Waals surface area contributed by atoms with Gasteiger partial charge < -0.3 is 125 Å². The highest BCUT2D eigenvalue weighted by atomic mass is 16.3. The van der Waals surface area contributed by atoms with Gasteiger partial charge in [0.15, 0.2) is 17.9 Å². The van der Waals surface area contributed by atoms with Crippen molar-refractivity contribution in [3.63, 3.8) is 0 Å². The summed E-state index contributed by atoms with van der Waals surface area (Å²) in [5, 5.41) is 43.0. The highest BCUT2D eigenvalue weighted by Crippen LogP contribution is 2.31. The summed E-state index contributed by atoms with van der Waals surface area (Å²) < 4.78 is 0. The van der Waals surface area contributed by atoms with Gasteiger partial charge in [-0.15, -0.1) is 0 Å². The number of aromatic amines is 1. The molecule has 5 rings (SSSR count). The number of hydrogen-bond donors (Lipinski definition) is 23. The molecule has 12 atom stereocenters. The molecule has 0 bridgehead atoms. The number of benzene rings is 1. The second kappa shape index (κ2) is 52.5. The number of imidazole rings is 1. The van der Waals surface area contributed by atoms with E-state index >= 15 is 9.59 Å². The number of rotatable bonds is 53. The lowest BCUT2D eigenvalue weighted by molar-refractivity contribution is -0.139. The molecule has 42 heteroatoms. The average molecular weight is 1730 g/mol. The fraction of sp³-hybridized carbons (Fsp3) is 0.667. The molecule has 1 heterocycles. The zero-order chi connectivity index (χ0) is 90.9. The molecule has 2 aromatic rings. The topological polar surface area (TPSA) is 721 Å². The lowest BCUT2D eigenvalue weighted by Gasteiger charge is -2.32. The van der Waals surface area contributed by atoms with Crippen LogP contribution in [0.3, 0.4) is 0 Å². The van der Waals surface area contributed by atoms with E-state index < -0.39 is 186 Å². The van der Waals surface area contributed by atoms with Gasteiger partial charge in [0.05, 0.1) is 18.9 Å². The molecule has 15 amide bonds. The molecule has 3 unspecified atom stereocenters. The van der Waals surface area contributed by atoms with Crippen LogP contribution in [0.25, 0.3) is 0 Å². The minimum Gasteiger partial charge on any atom is -0.391 e. The number of nitrogens with one attached hydrogen (secondary N) is 13. The normalized spacial score (nSPS) is 16.8. The van der Waals surface area contributed by atoms with Gasteiger partial charge in [0.1, 0.15) is 72.0 Å². The molecule has 0 aliphatic heterocycles. The van der Waals surface area contributed by atoms with Gasteiger partial charge in [0.25, 0.3) is 5.91 Å². The molecule has 3 aliphatic carbocycles. The van der Waals surface area contributed by atoms with Crippen molar-refractivity contribution in [3.05, 3.63) is 54.1 Å². The van der Waals surface area contributed by atoms with E-state index in [-0.39, 0.29) is 137 Å². The summed E-state index contributed by atoms with van der Waals surface area (Å²) in [6.45, 7) is 7.07. The number of nitrogens with two attached hydrogens (primary N) is 9. The fourth-order valence-corrected chi connectivity index (χ4v) is 15.2. The maximum atomic E-state index is 15.2. The number of aromatic nitrogens is 2. The minimum atomic E-state index is -2.02. The van der Waals surface area contributed by atoms with Gasteiger partial charge in [-0.05, 0) is 127 Å². The maximum absolute atomic E-state index is 15.2. The van der Waals surface area contributed by atoms with Gasteiger partial charge >= 0.3 is 0 Å². The highest BCUT2D eigenvalue weighted by Gasteiger charge is 2.42. The van der Waals surface area contributed by atoms with Crippen molar-refractivity contribution in [2.45, 2.75) is 299 Å². The van der Waals surface area contributed by atoms with Crippen molar-refractivity contribution in [1.29, 1.82) is 0 Å². The standard InChI is InChI=1S/C81H134N26O16/c1-45(2)37-57(75(121)107-81(4,5)77(123)106-64(46(3)108)76(122)99-54(31-20-36-94-80(89)90)67(113)98-55(32-33-62(82)109)70(116)97-53(30-19-35-93-79(87)88)68(114)100-56(65(84)111)38-47-21-10-6-11-22-47)101-74(120)61(42-63(83)110)105-72(118)59(40-49-25-14-8-15-26-49)102-71(117)58(39-48-23-12-7-13-24-48)103-73(119)60(41-51-43-91-44-95-51)104-69(115)52(29-18-34-92-78(85)86)96-66(112)50-27-16-9-17-28-50/h9,16-17,27-28,43-49,52-61,64,108H,6-8,10-15,18-26,29-42H2,1-5H3,(H2,82,109)(H2,83,110)(H2,84,111)(H,91,95)(H,96,112)(H,97,116)(H,98,113)(H,99,122)(H,100,114)(H,101,120)(H,102,117)(H,103,119)(H,104,115)(H,105,118)(H,106,123)(H,107,121)(H4,85,86,92)(H4,87,88,93)(H4,89,90,94)/t46-,52+,53+,54+,55+,56?,57+,58?,59?,60+,61+,64+/m1/s1. The molecule has 1 aromatic carbocycles. The van der Waals surface area contributed by atoms with Crippen LogP contribution in [0.15, 0.2) is 57.8 Å². The van der Waals surface area contributed by atoms with Crippen molar-refractivity contribution < 1.29 is 77.0 Å². The van der Waals surface area contributed by atoms with Crippen LogP contribution in [0.4, 0.5) is 0 Å². The second-order valence-corrected chi connectivity index (χ2v) is 33.3. The molecule has 42 nitrogen and oxygen atoms in total. The van der Waals surface area contributed by atoms with E-state index in [1.165, 1.54) is 26.4 Å². The van der Waals surface area contributed by atoms with Gasteiger partial charge in [-0.2, -0.15) is 0 Å². The van der Waals surface area contributed by atoms with E-state index in [1.807, 2.05) is 0 Å². The first-order chi connectivity index (χ1) is 58.3. The van der Waals surface area contributed by atoms with Crippen LogP contribution in [0.2, 0.25) is 0 Å². The Hall–Kier alpha value is -11.7. The number of hydrogen-bond acceptors (Lipinski definition) is 20. The number of nitrogens with zero attached hydrogens (tertiary/aromatic N) is 4. The molecule has 3 saturated carbocycles. The third-order valence-corrected chi connectivity index (χ3v) is 21.9. The van der Waals surface area contributed by atoms with Crippen molar-refractivity contribution in [2.75, 3.05) is 19.6 Å². The largest absolute Gasteiger partial charge is 0.391 e. The van der Waals surface area contributed by atoms with Crippen LogP contribution in [-0.2, 0) is 73.5 Å². The van der Waals surface area contributed by atoms with Crippen LogP contribution >= 0.6 is 0 Å². The Balaban J connectivity index is 1.37. The number of aliphatic hydroxyl groups excluding tert-OH is 1. The van der Waals surface area contributed by atoms with E-state index in [0.717, 1.165) is 77.6 Å². The van der Waals surface area contributed by atoms with Gasteiger partial charge in [-0.3, -0.25) is 86.9 Å². The Labute approximate surface area is 717 Å². The van der Waals surface area contributed by atoms with Crippen LogP contribution < -0.4 is 115 Å². The van der Waals surface area contributed by atoms with E-state index in [9.17, 15) is 67.4 Å². The SMILES string of the molecule is CC(C)C[C@H](NC(=O)[C@H](CC(N)=O)NC(=O)C(CC1CCCCC1)NC(=O)C(CC1CCCCC1)NC(=O)[C@H](Cc1cnc[nH]1)NC(=O)[C@H](CCCN=C(N)N)NC(=O)c1ccccc1)C(=O)NC(C)(C)C(=O)N[C@H](C(=O)N[C@@H](CCCN=C(N)N)C(=O)N[C@@H](CCC(N)=O)C(=O)N[C@@H](CCCN=C(N)N)C(=O)NC(CC1CCCCC1)C(N)=O)[C@@H](C)O. The van der Waals surface area contributed by atoms with Crippen molar-refractivity contribution >= 4 is 106 Å². The zero-order valence-electron chi connectivity index (χ0n) is 71.5. The first kappa shape index (κ1) is 102.